The second-order valence-electron chi connectivity index (χ2n) is 4.93. The molecule has 0 spiro atoms. The van der Waals surface area contributed by atoms with E-state index in [4.69, 9.17) is 5.73 Å². The summed E-state index contributed by atoms with van der Waals surface area (Å²) >= 11 is 3.62. The van der Waals surface area contributed by atoms with Crippen LogP contribution in [0, 0.1) is 0 Å². The van der Waals surface area contributed by atoms with E-state index in [0.29, 0.717) is 11.9 Å². The van der Waals surface area contributed by atoms with Crippen molar-refractivity contribution in [3.63, 3.8) is 0 Å². The first kappa shape index (κ1) is 12.5. The zero-order valence-electron chi connectivity index (χ0n) is 11.0. The first-order valence-electron chi connectivity index (χ1n) is 6.34. The molecule has 4 heteroatoms. The maximum absolute atomic E-state index is 6.00. The average molecular weight is 318 g/mol. The molecule has 2 aromatic carbocycles. The van der Waals surface area contributed by atoms with E-state index in [2.05, 4.69) is 63.1 Å². The van der Waals surface area contributed by atoms with E-state index in [1.807, 2.05) is 0 Å². The summed E-state index contributed by atoms with van der Waals surface area (Å²) < 4.78 is 1.13. The van der Waals surface area contributed by atoms with Crippen LogP contribution in [0.3, 0.4) is 0 Å². The molecule has 1 aliphatic heterocycles. The van der Waals surface area contributed by atoms with Gasteiger partial charge in [-0.15, -0.1) is 0 Å². The number of benzene rings is 2. The van der Waals surface area contributed by atoms with E-state index >= 15 is 0 Å². The number of aliphatic imine (C=N–C) groups is 1. The molecule has 0 amide bonds. The number of guanidine groups is 1. The van der Waals surface area contributed by atoms with Crippen molar-refractivity contribution in [1.29, 1.82) is 0 Å². The largest absolute Gasteiger partial charge is 0.370 e. The van der Waals surface area contributed by atoms with Gasteiger partial charge in [0.2, 0.25) is 0 Å². The van der Waals surface area contributed by atoms with Crippen molar-refractivity contribution in [2.45, 2.75) is 12.8 Å². The molecule has 0 bridgehead atoms. The Morgan fingerprint density at radius 2 is 2.11 bits per heavy atom. The molecule has 3 nitrogen and oxygen atoms in total. The number of nitrogens with zero attached hydrogens (tertiary/aromatic N) is 2. The van der Waals surface area contributed by atoms with Crippen molar-refractivity contribution in [3.05, 3.63) is 40.4 Å². The highest BCUT2D eigenvalue weighted by Crippen LogP contribution is 2.42. The number of nitrogens with two attached hydrogens (primary N) is 1. The standard InChI is InChI=1S/C15H16BrN3/c1-9-8-19(15(17)18-2)13-7-6-10-11(14(9)13)4-3-5-12(10)16/h3-7,9H,8H2,1-2H3,(H2,17,18). The third-order valence-electron chi connectivity index (χ3n) is 3.77. The molecule has 2 aromatic rings. The normalized spacial score (nSPS) is 19.0. The van der Waals surface area contributed by atoms with Gasteiger partial charge in [0.25, 0.3) is 0 Å². The zero-order valence-corrected chi connectivity index (χ0v) is 12.6. The van der Waals surface area contributed by atoms with E-state index in [1.165, 1.54) is 22.0 Å². The van der Waals surface area contributed by atoms with Gasteiger partial charge in [0.1, 0.15) is 0 Å². The Labute approximate surface area is 121 Å². The van der Waals surface area contributed by atoms with Crippen molar-refractivity contribution in [3.8, 4) is 0 Å². The number of hydrogen-bond donors (Lipinski definition) is 1. The van der Waals surface area contributed by atoms with Crippen LogP contribution < -0.4 is 10.6 Å². The summed E-state index contributed by atoms with van der Waals surface area (Å²) in [6.07, 6.45) is 0. The highest BCUT2D eigenvalue weighted by Gasteiger charge is 2.29. The van der Waals surface area contributed by atoms with Gasteiger partial charge in [-0.05, 0) is 28.5 Å². The van der Waals surface area contributed by atoms with Gasteiger partial charge in [-0.3, -0.25) is 4.99 Å². The Hall–Kier alpha value is -1.55. The molecule has 0 aromatic heterocycles. The maximum Gasteiger partial charge on any atom is 0.195 e. The van der Waals surface area contributed by atoms with Crippen LogP contribution in [0.25, 0.3) is 10.8 Å². The van der Waals surface area contributed by atoms with Crippen LogP contribution in [0.1, 0.15) is 18.4 Å². The molecule has 0 fully saturated rings. The van der Waals surface area contributed by atoms with Gasteiger partial charge < -0.3 is 10.6 Å². The van der Waals surface area contributed by atoms with E-state index in [-0.39, 0.29) is 0 Å². The first-order chi connectivity index (χ1) is 9.13. The lowest BCUT2D eigenvalue weighted by Gasteiger charge is -2.18. The van der Waals surface area contributed by atoms with Crippen LogP contribution in [0.15, 0.2) is 39.8 Å². The Morgan fingerprint density at radius 1 is 1.32 bits per heavy atom. The highest BCUT2D eigenvalue weighted by atomic mass is 79.9. The van der Waals surface area contributed by atoms with E-state index < -0.39 is 0 Å². The first-order valence-corrected chi connectivity index (χ1v) is 7.13. The topological polar surface area (TPSA) is 41.6 Å². The maximum atomic E-state index is 6.00. The van der Waals surface area contributed by atoms with Crippen LogP contribution >= 0.6 is 15.9 Å². The fourth-order valence-electron chi connectivity index (χ4n) is 2.89. The zero-order chi connectivity index (χ0) is 13.6. The molecule has 1 aliphatic rings. The molecular weight excluding hydrogens is 302 g/mol. The number of anilines is 1. The molecule has 0 aliphatic carbocycles. The minimum atomic E-state index is 0.452. The third kappa shape index (κ3) is 1.82. The molecular formula is C15H16BrN3. The predicted octanol–water partition coefficient (Wildman–Crippen LogP) is 3.47. The SMILES string of the molecule is CN=C(N)N1CC(C)c2c1ccc1c(Br)cccc21. The Bertz CT molecular complexity index is 678. The van der Waals surface area contributed by atoms with Crippen LogP contribution in [-0.4, -0.2) is 19.6 Å². The summed E-state index contributed by atoms with van der Waals surface area (Å²) in [4.78, 5) is 6.21. The Kier molecular flexibility index (Phi) is 2.97. The second kappa shape index (κ2) is 4.53. The summed E-state index contributed by atoms with van der Waals surface area (Å²) in [5, 5.41) is 2.55. The van der Waals surface area contributed by atoms with Crippen molar-refractivity contribution in [1.82, 2.24) is 0 Å². The van der Waals surface area contributed by atoms with Crippen molar-refractivity contribution < 1.29 is 0 Å². The lowest BCUT2D eigenvalue weighted by molar-refractivity contribution is 0.823. The highest BCUT2D eigenvalue weighted by molar-refractivity contribution is 9.10. The summed E-state index contributed by atoms with van der Waals surface area (Å²) in [7, 11) is 1.73. The molecule has 1 atom stereocenters. The minimum Gasteiger partial charge on any atom is -0.370 e. The number of rotatable bonds is 0. The lowest BCUT2D eigenvalue weighted by atomic mass is 9.96. The van der Waals surface area contributed by atoms with Gasteiger partial charge in [0.05, 0.1) is 0 Å². The lowest BCUT2D eigenvalue weighted by Crippen LogP contribution is -2.36. The van der Waals surface area contributed by atoms with Gasteiger partial charge in [-0.1, -0.05) is 41.1 Å². The van der Waals surface area contributed by atoms with Crippen molar-refractivity contribution in [2.24, 2.45) is 10.7 Å². The average Bonchev–Trinajstić information content (AvgIpc) is 2.76. The Balaban J connectivity index is 2.29. The summed E-state index contributed by atoms with van der Waals surface area (Å²) in [6.45, 7) is 3.13. The summed E-state index contributed by atoms with van der Waals surface area (Å²) in [5.41, 5.74) is 8.54. The quantitative estimate of drug-likeness (QED) is 0.597. The van der Waals surface area contributed by atoms with Crippen LogP contribution in [0.2, 0.25) is 0 Å². The van der Waals surface area contributed by atoms with Crippen LogP contribution in [0.4, 0.5) is 5.69 Å². The molecule has 1 unspecified atom stereocenters. The van der Waals surface area contributed by atoms with Crippen LogP contribution in [0.5, 0.6) is 0 Å². The van der Waals surface area contributed by atoms with E-state index in [9.17, 15) is 0 Å². The fourth-order valence-corrected chi connectivity index (χ4v) is 3.38. The number of halogens is 1. The van der Waals surface area contributed by atoms with Gasteiger partial charge in [0.15, 0.2) is 5.96 Å². The van der Waals surface area contributed by atoms with E-state index in [1.54, 1.807) is 7.05 Å². The smallest absolute Gasteiger partial charge is 0.195 e. The summed E-state index contributed by atoms with van der Waals surface area (Å²) in [6, 6.07) is 10.6. The molecule has 19 heavy (non-hydrogen) atoms. The second-order valence-corrected chi connectivity index (χ2v) is 5.78. The van der Waals surface area contributed by atoms with Crippen molar-refractivity contribution in [2.75, 3.05) is 18.5 Å². The number of hydrogen-bond acceptors (Lipinski definition) is 1. The third-order valence-corrected chi connectivity index (χ3v) is 4.46. The predicted molar refractivity (Wildman–Crippen MR) is 85.0 cm³/mol. The van der Waals surface area contributed by atoms with E-state index in [0.717, 1.165) is 11.0 Å². The van der Waals surface area contributed by atoms with Crippen molar-refractivity contribution >= 4 is 38.3 Å². The molecule has 1 heterocycles. The van der Waals surface area contributed by atoms with Crippen LogP contribution in [-0.2, 0) is 0 Å². The molecule has 2 N–H and O–H groups in total. The number of fused-ring (bicyclic) bond motifs is 3. The fraction of sp³-hybridized carbons (Fsp3) is 0.267. The molecule has 0 saturated carbocycles. The summed E-state index contributed by atoms with van der Waals surface area (Å²) in [5.74, 6) is 1.04. The molecule has 98 valence electrons. The minimum absolute atomic E-state index is 0.452. The molecule has 3 rings (SSSR count). The van der Waals surface area contributed by atoms with Gasteiger partial charge in [-0.2, -0.15) is 0 Å². The monoisotopic (exact) mass is 317 g/mol. The molecule has 0 saturated heterocycles. The van der Waals surface area contributed by atoms with Gasteiger partial charge >= 0.3 is 0 Å². The van der Waals surface area contributed by atoms with Gasteiger partial charge in [0, 0.05) is 29.7 Å². The van der Waals surface area contributed by atoms with Gasteiger partial charge in [-0.25, -0.2) is 0 Å². The Morgan fingerprint density at radius 3 is 2.84 bits per heavy atom. The molecule has 0 radical (unpaired) electrons.